The van der Waals surface area contributed by atoms with E-state index < -0.39 is 0 Å². The summed E-state index contributed by atoms with van der Waals surface area (Å²) in [6.45, 7) is 3.45. The first kappa shape index (κ1) is 13.7. The zero-order valence-electron chi connectivity index (χ0n) is 11.4. The Morgan fingerprint density at radius 2 is 1.84 bits per heavy atom. The fourth-order valence-corrected chi connectivity index (χ4v) is 2.36. The Kier molecular flexibility index (Phi) is 4.68. The molecule has 104 valence electrons. The SMILES string of the molecule is Cc1cc(C(=O)N2CCCCCCC2)nc(NN)n1. The minimum atomic E-state index is -0.0242. The summed E-state index contributed by atoms with van der Waals surface area (Å²) in [4.78, 5) is 22.6. The van der Waals surface area contributed by atoms with Gasteiger partial charge in [-0.05, 0) is 25.8 Å². The highest BCUT2D eigenvalue weighted by atomic mass is 16.2. The minimum absolute atomic E-state index is 0.0242. The normalized spacial score (nSPS) is 16.6. The molecule has 19 heavy (non-hydrogen) atoms. The minimum Gasteiger partial charge on any atom is -0.337 e. The highest BCUT2D eigenvalue weighted by molar-refractivity contribution is 5.92. The maximum Gasteiger partial charge on any atom is 0.272 e. The van der Waals surface area contributed by atoms with E-state index in [1.54, 1.807) is 6.07 Å². The standard InChI is InChI=1S/C13H21N5O/c1-10-9-11(16-13(15-10)17-14)12(19)18-7-5-3-2-4-6-8-18/h9H,2-8,14H2,1H3,(H,15,16,17). The molecule has 0 spiro atoms. The number of carbonyl (C=O) groups is 1. The van der Waals surface area contributed by atoms with Gasteiger partial charge in [0, 0.05) is 18.8 Å². The summed E-state index contributed by atoms with van der Waals surface area (Å²) in [6.07, 6.45) is 5.80. The van der Waals surface area contributed by atoms with E-state index in [1.165, 1.54) is 19.3 Å². The summed E-state index contributed by atoms with van der Waals surface area (Å²) in [7, 11) is 0. The number of nitrogens with one attached hydrogen (secondary N) is 1. The molecule has 6 nitrogen and oxygen atoms in total. The molecule has 0 radical (unpaired) electrons. The van der Waals surface area contributed by atoms with Crippen LogP contribution >= 0.6 is 0 Å². The van der Waals surface area contributed by atoms with Crippen LogP contribution in [0.1, 0.15) is 48.3 Å². The molecule has 1 aromatic heterocycles. The van der Waals surface area contributed by atoms with Crippen molar-refractivity contribution in [3.8, 4) is 0 Å². The average Bonchev–Trinajstić information content (AvgIpc) is 2.37. The number of amides is 1. The second kappa shape index (κ2) is 6.47. The number of nitrogen functional groups attached to an aromatic ring is 1. The summed E-state index contributed by atoms with van der Waals surface area (Å²) in [5.74, 6) is 5.58. The van der Waals surface area contributed by atoms with Gasteiger partial charge in [-0.25, -0.2) is 15.8 Å². The van der Waals surface area contributed by atoms with Gasteiger partial charge in [0.15, 0.2) is 0 Å². The number of aromatic nitrogens is 2. The predicted molar refractivity (Wildman–Crippen MR) is 73.6 cm³/mol. The van der Waals surface area contributed by atoms with Crippen LogP contribution in [0.5, 0.6) is 0 Å². The summed E-state index contributed by atoms with van der Waals surface area (Å²) in [5.41, 5.74) is 3.55. The second-order valence-electron chi connectivity index (χ2n) is 4.92. The van der Waals surface area contributed by atoms with Gasteiger partial charge >= 0.3 is 0 Å². The van der Waals surface area contributed by atoms with Crippen LogP contribution in [0.25, 0.3) is 0 Å². The van der Waals surface area contributed by atoms with Gasteiger partial charge < -0.3 is 4.90 Å². The number of hydrogen-bond acceptors (Lipinski definition) is 5. The second-order valence-corrected chi connectivity index (χ2v) is 4.92. The van der Waals surface area contributed by atoms with Crippen LogP contribution in [-0.4, -0.2) is 33.9 Å². The lowest BCUT2D eigenvalue weighted by atomic mass is 10.1. The largest absolute Gasteiger partial charge is 0.337 e. The molecule has 1 saturated heterocycles. The van der Waals surface area contributed by atoms with E-state index in [4.69, 9.17) is 5.84 Å². The van der Waals surface area contributed by atoms with Crippen molar-refractivity contribution in [1.82, 2.24) is 14.9 Å². The van der Waals surface area contributed by atoms with Gasteiger partial charge in [0.05, 0.1) is 0 Å². The van der Waals surface area contributed by atoms with Crippen LogP contribution in [0, 0.1) is 6.92 Å². The summed E-state index contributed by atoms with van der Waals surface area (Å²) in [5, 5.41) is 0. The quantitative estimate of drug-likeness (QED) is 0.623. The lowest BCUT2D eigenvalue weighted by molar-refractivity contribution is 0.0736. The predicted octanol–water partition coefficient (Wildman–Crippen LogP) is 1.48. The Bertz CT molecular complexity index is 441. The molecule has 3 N–H and O–H groups in total. The van der Waals surface area contributed by atoms with E-state index in [9.17, 15) is 4.79 Å². The van der Waals surface area contributed by atoms with Crippen molar-refractivity contribution in [2.24, 2.45) is 5.84 Å². The highest BCUT2D eigenvalue weighted by Gasteiger charge is 2.18. The third kappa shape index (κ3) is 3.64. The molecule has 0 aromatic carbocycles. The first-order valence-corrected chi connectivity index (χ1v) is 6.82. The molecular weight excluding hydrogens is 242 g/mol. The lowest BCUT2D eigenvalue weighted by Crippen LogP contribution is -2.34. The number of hydrogen-bond donors (Lipinski definition) is 2. The average molecular weight is 263 g/mol. The van der Waals surface area contributed by atoms with Crippen molar-refractivity contribution in [3.05, 3.63) is 17.5 Å². The summed E-state index contributed by atoms with van der Waals surface area (Å²) < 4.78 is 0. The van der Waals surface area contributed by atoms with Gasteiger partial charge in [-0.1, -0.05) is 19.3 Å². The summed E-state index contributed by atoms with van der Waals surface area (Å²) in [6, 6.07) is 1.71. The van der Waals surface area contributed by atoms with Crippen LogP contribution in [0.4, 0.5) is 5.95 Å². The van der Waals surface area contributed by atoms with E-state index in [0.29, 0.717) is 5.69 Å². The number of hydrazine groups is 1. The van der Waals surface area contributed by atoms with Crippen LogP contribution < -0.4 is 11.3 Å². The van der Waals surface area contributed by atoms with Crippen molar-refractivity contribution in [2.45, 2.75) is 39.0 Å². The Labute approximate surface area is 113 Å². The van der Waals surface area contributed by atoms with Crippen LogP contribution in [0.3, 0.4) is 0 Å². The van der Waals surface area contributed by atoms with Crippen LogP contribution in [0.15, 0.2) is 6.07 Å². The van der Waals surface area contributed by atoms with Crippen molar-refractivity contribution in [1.29, 1.82) is 0 Å². The fraction of sp³-hybridized carbons (Fsp3) is 0.615. The number of nitrogens with zero attached hydrogens (tertiary/aromatic N) is 3. The van der Waals surface area contributed by atoms with Gasteiger partial charge in [0.1, 0.15) is 5.69 Å². The van der Waals surface area contributed by atoms with E-state index in [0.717, 1.165) is 31.6 Å². The van der Waals surface area contributed by atoms with E-state index in [1.807, 2.05) is 11.8 Å². The first-order valence-electron chi connectivity index (χ1n) is 6.82. The Hall–Kier alpha value is -1.69. The maximum absolute atomic E-state index is 12.5. The van der Waals surface area contributed by atoms with Crippen LogP contribution in [0.2, 0.25) is 0 Å². The number of likely N-dealkylation sites (tertiary alicyclic amines) is 1. The topological polar surface area (TPSA) is 84.1 Å². The van der Waals surface area contributed by atoms with Crippen molar-refractivity contribution >= 4 is 11.9 Å². The zero-order chi connectivity index (χ0) is 13.7. The molecule has 0 saturated carbocycles. The van der Waals surface area contributed by atoms with Crippen molar-refractivity contribution in [3.63, 3.8) is 0 Å². The van der Waals surface area contributed by atoms with Gasteiger partial charge in [-0.15, -0.1) is 0 Å². The number of anilines is 1. The Morgan fingerprint density at radius 3 is 2.47 bits per heavy atom. The van der Waals surface area contributed by atoms with E-state index in [-0.39, 0.29) is 11.9 Å². The van der Waals surface area contributed by atoms with Crippen molar-refractivity contribution < 1.29 is 4.79 Å². The molecular formula is C13H21N5O. The Morgan fingerprint density at radius 1 is 1.21 bits per heavy atom. The molecule has 0 bridgehead atoms. The highest BCUT2D eigenvalue weighted by Crippen LogP contribution is 2.14. The third-order valence-electron chi connectivity index (χ3n) is 3.35. The Balaban J connectivity index is 2.15. The maximum atomic E-state index is 12.5. The molecule has 2 rings (SSSR count). The lowest BCUT2D eigenvalue weighted by Gasteiger charge is -2.24. The molecule has 0 aliphatic carbocycles. The monoisotopic (exact) mass is 263 g/mol. The number of nitrogens with two attached hydrogens (primary N) is 1. The molecule has 2 heterocycles. The third-order valence-corrected chi connectivity index (χ3v) is 3.35. The molecule has 6 heteroatoms. The molecule has 1 fully saturated rings. The van der Waals surface area contributed by atoms with E-state index >= 15 is 0 Å². The zero-order valence-corrected chi connectivity index (χ0v) is 11.4. The van der Waals surface area contributed by atoms with E-state index in [2.05, 4.69) is 15.4 Å². The van der Waals surface area contributed by atoms with Gasteiger partial charge in [0.2, 0.25) is 5.95 Å². The molecule has 1 aromatic rings. The molecule has 1 aliphatic rings. The number of carbonyl (C=O) groups excluding carboxylic acids is 1. The van der Waals surface area contributed by atoms with Crippen LogP contribution in [-0.2, 0) is 0 Å². The fourth-order valence-electron chi connectivity index (χ4n) is 2.36. The van der Waals surface area contributed by atoms with Gasteiger partial charge in [-0.2, -0.15) is 0 Å². The van der Waals surface area contributed by atoms with Gasteiger partial charge in [-0.3, -0.25) is 10.2 Å². The number of aryl methyl sites for hydroxylation is 1. The molecule has 0 unspecified atom stereocenters. The summed E-state index contributed by atoms with van der Waals surface area (Å²) >= 11 is 0. The van der Waals surface area contributed by atoms with Crippen molar-refractivity contribution in [2.75, 3.05) is 18.5 Å². The number of rotatable bonds is 2. The van der Waals surface area contributed by atoms with Gasteiger partial charge in [0.25, 0.3) is 5.91 Å². The smallest absolute Gasteiger partial charge is 0.272 e. The first-order chi connectivity index (χ1) is 9.20. The molecule has 1 aliphatic heterocycles. The molecule has 0 atom stereocenters. The molecule has 1 amide bonds.